The van der Waals surface area contributed by atoms with E-state index in [1.807, 2.05) is 25.1 Å². The van der Waals surface area contributed by atoms with Crippen LogP contribution in [0.1, 0.15) is 53.3 Å². The van der Waals surface area contributed by atoms with Crippen molar-refractivity contribution in [1.29, 1.82) is 0 Å². The molecule has 0 saturated carbocycles. The van der Waals surface area contributed by atoms with Gasteiger partial charge in [-0.15, -0.1) is 11.3 Å². The van der Waals surface area contributed by atoms with Crippen LogP contribution in [0.3, 0.4) is 0 Å². The molecule has 2 atom stereocenters. The second-order valence-electron chi connectivity index (χ2n) is 7.59. The fourth-order valence-electron chi connectivity index (χ4n) is 4.01. The van der Waals surface area contributed by atoms with Crippen LogP contribution < -0.4 is 25.0 Å². The maximum atomic E-state index is 12.9. The summed E-state index contributed by atoms with van der Waals surface area (Å²) in [5, 5.41) is 7.64. The van der Waals surface area contributed by atoms with Gasteiger partial charge < -0.3 is 25.0 Å². The summed E-state index contributed by atoms with van der Waals surface area (Å²) in [5.41, 5.74) is 3.03. The lowest BCUT2D eigenvalue weighted by Gasteiger charge is -2.29. The molecule has 0 fully saturated rings. The average Bonchev–Trinajstić information content (AvgIpc) is 3.06. The van der Waals surface area contributed by atoms with Gasteiger partial charge in [-0.1, -0.05) is 6.07 Å². The van der Waals surface area contributed by atoms with Gasteiger partial charge in [0, 0.05) is 6.42 Å². The van der Waals surface area contributed by atoms with Gasteiger partial charge in [0.1, 0.15) is 17.7 Å². The van der Waals surface area contributed by atoms with E-state index in [0.29, 0.717) is 24.1 Å². The van der Waals surface area contributed by atoms with Crippen molar-refractivity contribution in [3.8, 4) is 11.5 Å². The first-order valence-corrected chi connectivity index (χ1v) is 10.7. The Hall–Kier alpha value is -2.25. The molecule has 7 heteroatoms. The smallest absolute Gasteiger partial charge is 0.256 e. The van der Waals surface area contributed by atoms with Gasteiger partial charge in [-0.25, -0.2) is 0 Å². The highest BCUT2D eigenvalue weighted by molar-refractivity contribution is 7.16. The molecule has 1 aromatic heterocycles. The van der Waals surface area contributed by atoms with E-state index in [4.69, 9.17) is 9.47 Å². The molecule has 2 aliphatic heterocycles. The number of fused-ring (bicyclic) bond motifs is 3. The highest BCUT2D eigenvalue weighted by Gasteiger charge is 2.35. The molecule has 6 nitrogen and oxygen atoms in total. The van der Waals surface area contributed by atoms with Crippen LogP contribution in [0, 0.1) is 0 Å². The number of hydrogen-bond donors (Lipinski definition) is 3. The summed E-state index contributed by atoms with van der Waals surface area (Å²) in [7, 11) is 1.63. The van der Waals surface area contributed by atoms with E-state index in [2.05, 4.69) is 24.5 Å². The number of quaternary nitrogens is 1. The zero-order chi connectivity index (χ0) is 19.8. The van der Waals surface area contributed by atoms with Gasteiger partial charge in [0.25, 0.3) is 5.91 Å². The first-order valence-electron chi connectivity index (χ1n) is 9.89. The van der Waals surface area contributed by atoms with Crippen LogP contribution >= 0.6 is 11.3 Å². The Bertz CT molecular complexity index is 893. The van der Waals surface area contributed by atoms with E-state index in [0.717, 1.165) is 35.6 Å². The average molecular weight is 403 g/mol. The molecule has 2 aromatic rings. The zero-order valence-electron chi connectivity index (χ0n) is 16.8. The fourth-order valence-corrected chi connectivity index (χ4v) is 5.34. The third-order valence-electron chi connectivity index (χ3n) is 5.59. The SMILES string of the molecule is CCOc1cc([C@H]2NC(=O)c3c(sc4c3CC[NH+](C(C)C)C4)N2)ccc1OC. The van der Waals surface area contributed by atoms with Crippen LogP contribution in [0.15, 0.2) is 18.2 Å². The number of carbonyl (C=O) groups excluding carboxylic acids is 1. The molecule has 0 bridgehead atoms. The number of nitrogens with one attached hydrogen (secondary N) is 3. The van der Waals surface area contributed by atoms with Crippen molar-refractivity contribution in [3.63, 3.8) is 0 Å². The van der Waals surface area contributed by atoms with Crippen LogP contribution in [0.2, 0.25) is 0 Å². The van der Waals surface area contributed by atoms with Crippen molar-refractivity contribution in [1.82, 2.24) is 5.32 Å². The van der Waals surface area contributed by atoms with Gasteiger partial charge in [-0.2, -0.15) is 0 Å². The number of thiophene rings is 1. The van der Waals surface area contributed by atoms with Crippen LogP contribution in [0.4, 0.5) is 5.00 Å². The molecule has 0 aliphatic carbocycles. The summed E-state index contributed by atoms with van der Waals surface area (Å²) in [6.07, 6.45) is 0.685. The quantitative estimate of drug-likeness (QED) is 0.719. The minimum absolute atomic E-state index is 0.0121. The highest BCUT2D eigenvalue weighted by Crippen LogP contribution is 2.40. The van der Waals surface area contributed by atoms with E-state index in [9.17, 15) is 4.79 Å². The Kier molecular flexibility index (Phi) is 5.21. The summed E-state index contributed by atoms with van der Waals surface area (Å²) < 4.78 is 11.1. The maximum Gasteiger partial charge on any atom is 0.256 e. The van der Waals surface area contributed by atoms with Gasteiger partial charge in [0.15, 0.2) is 11.5 Å². The van der Waals surface area contributed by atoms with E-state index in [1.165, 1.54) is 10.4 Å². The molecular formula is C21H28N3O3S+. The lowest BCUT2D eigenvalue weighted by molar-refractivity contribution is -0.936. The largest absolute Gasteiger partial charge is 0.493 e. The predicted molar refractivity (Wildman–Crippen MR) is 111 cm³/mol. The normalized spacial score (nSPS) is 20.8. The minimum atomic E-state index is -0.279. The van der Waals surface area contributed by atoms with Gasteiger partial charge in [-0.05, 0) is 44.0 Å². The van der Waals surface area contributed by atoms with Gasteiger partial charge in [0.2, 0.25) is 0 Å². The molecule has 3 N–H and O–H groups in total. The molecule has 1 unspecified atom stereocenters. The Morgan fingerprint density at radius 3 is 2.82 bits per heavy atom. The summed E-state index contributed by atoms with van der Waals surface area (Å²) in [6, 6.07) is 6.37. The van der Waals surface area contributed by atoms with Gasteiger partial charge in [-0.3, -0.25) is 4.79 Å². The standard InChI is InChI=1S/C21H27N3O3S/c1-5-27-16-10-13(6-7-15(16)26-4)19-22-20(25)18-14-8-9-24(12(2)3)11-17(14)28-21(18)23-19/h6-7,10,12,19,23H,5,8-9,11H2,1-4H3,(H,22,25)/p+1/t19-/m0/s1. The number of carbonyl (C=O) groups is 1. The lowest BCUT2D eigenvalue weighted by Crippen LogP contribution is -3.14. The minimum Gasteiger partial charge on any atom is -0.493 e. The van der Waals surface area contributed by atoms with Crippen molar-refractivity contribution in [2.75, 3.05) is 25.6 Å². The van der Waals surface area contributed by atoms with Crippen molar-refractivity contribution in [2.24, 2.45) is 0 Å². The topological polar surface area (TPSA) is 64.0 Å². The summed E-state index contributed by atoms with van der Waals surface area (Å²) in [5.74, 6) is 1.39. The molecule has 4 rings (SSSR count). The lowest BCUT2D eigenvalue weighted by atomic mass is 9.99. The number of methoxy groups -OCH3 is 1. The second kappa shape index (κ2) is 7.64. The van der Waals surface area contributed by atoms with Crippen molar-refractivity contribution in [2.45, 2.75) is 45.9 Å². The first-order chi connectivity index (χ1) is 13.5. The molecule has 1 aromatic carbocycles. The molecule has 0 radical (unpaired) electrons. The molecular weight excluding hydrogens is 374 g/mol. The van der Waals surface area contributed by atoms with Crippen molar-refractivity contribution < 1.29 is 19.2 Å². The monoisotopic (exact) mass is 402 g/mol. The maximum absolute atomic E-state index is 12.9. The number of amides is 1. The molecule has 150 valence electrons. The number of rotatable bonds is 5. The number of benzene rings is 1. The van der Waals surface area contributed by atoms with Crippen molar-refractivity contribution >= 4 is 22.2 Å². The molecule has 0 spiro atoms. The van der Waals surface area contributed by atoms with E-state index < -0.39 is 0 Å². The predicted octanol–water partition coefficient (Wildman–Crippen LogP) is 2.36. The number of anilines is 1. The Morgan fingerprint density at radius 1 is 1.29 bits per heavy atom. The molecule has 1 amide bonds. The summed E-state index contributed by atoms with van der Waals surface area (Å²) >= 11 is 1.73. The van der Waals surface area contributed by atoms with Crippen LogP contribution in [0.5, 0.6) is 11.5 Å². The number of hydrogen-bond acceptors (Lipinski definition) is 5. The number of ether oxygens (including phenoxy) is 2. The van der Waals surface area contributed by atoms with Crippen LogP contribution in [-0.4, -0.2) is 32.2 Å². The highest BCUT2D eigenvalue weighted by atomic mass is 32.1. The summed E-state index contributed by atoms with van der Waals surface area (Å²) in [4.78, 5) is 15.9. The molecule has 3 heterocycles. The second-order valence-corrected chi connectivity index (χ2v) is 8.70. The van der Waals surface area contributed by atoms with Crippen LogP contribution in [0.25, 0.3) is 0 Å². The zero-order valence-corrected chi connectivity index (χ0v) is 17.7. The van der Waals surface area contributed by atoms with E-state index in [-0.39, 0.29) is 12.1 Å². The van der Waals surface area contributed by atoms with Crippen LogP contribution in [-0.2, 0) is 13.0 Å². The van der Waals surface area contributed by atoms with Gasteiger partial charge >= 0.3 is 0 Å². The molecule has 0 saturated heterocycles. The Labute approximate surface area is 169 Å². The Balaban J connectivity index is 1.63. The first kappa shape index (κ1) is 19.1. The third-order valence-corrected chi connectivity index (χ3v) is 6.75. The molecule has 28 heavy (non-hydrogen) atoms. The van der Waals surface area contributed by atoms with Gasteiger partial charge in [0.05, 0.1) is 36.7 Å². The van der Waals surface area contributed by atoms with E-state index in [1.54, 1.807) is 23.3 Å². The van der Waals surface area contributed by atoms with Crippen molar-refractivity contribution in [3.05, 3.63) is 39.8 Å². The molecule has 2 aliphatic rings. The van der Waals surface area contributed by atoms with E-state index >= 15 is 0 Å². The fraction of sp³-hybridized carbons (Fsp3) is 0.476. The summed E-state index contributed by atoms with van der Waals surface area (Å²) in [6.45, 7) is 9.10. The Morgan fingerprint density at radius 2 is 2.11 bits per heavy atom. The third kappa shape index (κ3) is 3.33.